The molecule has 41 heavy (non-hydrogen) atoms. The molecule has 0 unspecified atom stereocenters. The van der Waals surface area contributed by atoms with Crippen LogP contribution in [-0.2, 0) is 22.7 Å². The maximum Gasteiger partial charge on any atom is 0.407 e. The Morgan fingerprint density at radius 2 is 1.59 bits per heavy atom. The second-order valence-electron chi connectivity index (χ2n) is 11.6. The molecule has 0 bridgehead atoms. The number of carboxylic acid groups (broad SMARTS) is 1. The van der Waals surface area contributed by atoms with Crippen LogP contribution in [0.1, 0.15) is 63.0 Å². The summed E-state index contributed by atoms with van der Waals surface area (Å²) in [4.78, 5) is 40.9. The van der Waals surface area contributed by atoms with Crippen LogP contribution in [0.15, 0.2) is 59.4 Å². The van der Waals surface area contributed by atoms with E-state index in [-0.39, 0.29) is 25.4 Å². The number of amides is 1. The number of carbonyl (C=O) groups excluding carboxylic acids is 1. The fraction of sp³-hybridized carbons (Fsp3) is 0.531. The van der Waals surface area contributed by atoms with Crippen molar-refractivity contribution in [1.82, 2.24) is 19.4 Å². The summed E-state index contributed by atoms with van der Waals surface area (Å²) in [5.74, 6) is -0.901. The van der Waals surface area contributed by atoms with Crippen LogP contribution in [0.5, 0.6) is 0 Å². The summed E-state index contributed by atoms with van der Waals surface area (Å²) in [6.45, 7) is 2.82. The molecule has 5 rings (SSSR count). The number of carbonyl (C=O) groups is 2. The minimum atomic E-state index is -0.857. The number of piperidine rings is 1. The summed E-state index contributed by atoms with van der Waals surface area (Å²) in [7, 11) is 0. The van der Waals surface area contributed by atoms with Crippen LogP contribution < -0.4 is 11.0 Å². The number of aliphatic carboxylic acids is 1. The lowest BCUT2D eigenvalue weighted by molar-refractivity contribution is -0.145. The fourth-order valence-electron chi connectivity index (χ4n) is 6.63. The zero-order valence-electron chi connectivity index (χ0n) is 23.7. The third-order valence-electron chi connectivity index (χ3n) is 8.74. The van der Waals surface area contributed by atoms with Gasteiger partial charge in [-0.1, -0.05) is 74.6 Å². The molecule has 1 aromatic heterocycles. The molecular weight excluding hydrogens is 520 g/mol. The van der Waals surface area contributed by atoms with Crippen molar-refractivity contribution in [2.75, 3.05) is 26.2 Å². The second-order valence-corrected chi connectivity index (χ2v) is 11.6. The zero-order chi connectivity index (χ0) is 28.6. The van der Waals surface area contributed by atoms with Gasteiger partial charge in [0.15, 0.2) is 0 Å². The van der Waals surface area contributed by atoms with Crippen molar-refractivity contribution in [1.29, 1.82) is 0 Å². The Hall–Kier alpha value is -3.59. The highest BCUT2D eigenvalue weighted by atomic mass is 16.5. The summed E-state index contributed by atoms with van der Waals surface area (Å²) < 4.78 is 8.61. The van der Waals surface area contributed by atoms with Crippen molar-refractivity contribution in [2.24, 2.45) is 11.8 Å². The molecular formula is C32H42N4O5. The number of para-hydroxylation sites is 2. The Morgan fingerprint density at radius 3 is 2.32 bits per heavy atom. The predicted molar refractivity (Wildman–Crippen MR) is 158 cm³/mol. The largest absolute Gasteiger partial charge is 0.481 e. The Morgan fingerprint density at radius 1 is 0.902 bits per heavy atom. The zero-order valence-corrected chi connectivity index (χ0v) is 23.7. The van der Waals surface area contributed by atoms with E-state index in [9.17, 15) is 19.5 Å². The topological polar surface area (TPSA) is 106 Å². The van der Waals surface area contributed by atoms with E-state index in [1.807, 2.05) is 54.6 Å². The number of alkyl carbamates (subject to hydrolysis) is 1. The van der Waals surface area contributed by atoms with Crippen molar-refractivity contribution in [2.45, 2.75) is 70.6 Å². The van der Waals surface area contributed by atoms with Gasteiger partial charge in [0.1, 0.15) is 6.61 Å². The average Bonchev–Trinajstić information content (AvgIpc) is 3.24. The number of benzene rings is 2. The van der Waals surface area contributed by atoms with E-state index in [1.165, 1.54) is 44.9 Å². The first-order valence-corrected chi connectivity index (χ1v) is 15.1. The van der Waals surface area contributed by atoms with Gasteiger partial charge in [0.25, 0.3) is 0 Å². The third kappa shape index (κ3) is 7.19. The van der Waals surface area contributed by atoms with Crippen LogP contribution in [0.25, 0.3) is 11.0 Å². The predicted octanol–water partition coefficient (Wildman–Crippen LogP) is 5.04. The van der Waals surface area contributed by atoms with Crippen molar-refractivity contribution in [3.8, 4) is 0 Å². The van der Waals surface area contributed by atoms with Gasteiger partial charge >= 0.3 is 17.8 Å². The standard InChI is InChI=1S/C32H42N4O5/c37-30(38)26-22-34(21-24-11-5-2-1-3-6-12-24)19-17-27(26)36-29-16-10-9-15-28(29)35(32(36)40)20-18-33-31(39)41-23-25-13-7-4-8-14-25/h4,7-10,13-16,24,26-27H,1-3,5-6,11-12,17-23H2,(H,33,39)(H,37,38)/t26-,27-/m0/s1. The highest BCUT2D eigenvalue weighted by molar-refractivity contribution is 5.77. The van der Waals surface area contributed by atoms with E-state index in [4.69, 9.17) is 4.74 Å². The molecule has 0 spiro atoms. The molecule has 2 N–H and O–H groups in total. The number of imidazole rings is 1. The molecule has 220 valence electrons. The number of hydrogen-bond donors (Lipinski definition) is 2. The van der Waals surface area contributed by atoms with E-state index in [0.717, 1.165) is 29.7 Å². The van der Waals surface area contributed by atoms with Gasteiger partial charge in [-0.15, -0.1) is 0 Å². The van der Waals surface area contributed by atoms with Crippen molar-refractivity contribution < 1.29 is 19.4 Å². The molecule has 0 radical (unpaired) electrons. The molecule has 2 aliphatic rings. The number of nitrogens with one attached hydrogen (secondary N) is 1. The molecule has 2 heterocycles. The monoisotopic (exact) mass is 562 g/mol. The molecule has 1 aliphatic carbocycles. The van der Waals surface area contributed by atoms with Crippen LogP contribution in [0.3, 0.4) is 0 Å². The first-order chi connectivity index (χ1) is 20.0. The van der Waals surface area contributed by atoms with E-state index >= 15 is 0 Å². The van der Waals surface area contributed by atoms with Crippen molar-refractivity contribution in [3.63, 3.8) is 0 Å². The molecule has 1 aliphatic heterocycles. The van der Waals surface area contributed by atoms with E-state index < -0.39 is 24.0 Å². The van der Waals surface area contributed by atoms with Crippen LogP contribution in [-0.4, -0.2) is 57.4 Å². The van der Waals surface area contributed by atoms with Gasteiger partial charge in [0.2, 0.25) is 0 Å². The molecule has 1 saturated carbocycles. The molecule has 2 fully saturated rings. The number of aromatic nitrogens is 2. The molecule has 1 saturated heterocycles. The van der Waals surface area contributed by atoms with Gasteiger partial charge in [-0.05, 0) is 42.9 Å². The van der Waals surface area contributed by atoms with Crippen LogP contribution in [0, 0.1) is 11.8 Å². The third-order valence-corrected chi connectivity index (χ3v) is 8.74. The Bertz CT molecular complexity index is 1360. The van der Waals surface area contributed by atoms with Crippen LogP contribution in [0.4, 0.5) is 4.79 Å². The highest BCUT2D eigenvalue weighted by Gasteiger charge is 2.38. The lowest BCUT2D eigenvalue weighted by Gasteiger charge is -2.38. The number of fused-ring (bicyclic) bond motifs is 1. The minimum Gasteiger partial charge on any atom is -0.481 e. The highest BCUT2D eigenvalue weighted by Crippen LogP contribution is 2.32. The van der Waals surface area contributed by atoms with Gasteiger partial charge in [0, 0.05) is 32.7 Å². The van der Waals surface area contributed by atoms with E-state index in [0.29, 0.717) is 18.9 Å². The number of rotatable bonds is 9. The van der Waals surface area contributed by atoms with Gasteiger partial charge in [0.05, 0.1) is 23.0 Å². The first-order valence-electron chi connectivity index (χ1n) is 15.1. The Labute approximate surface area is 241 Å². The molecule has 2 atom stereocenters. The van der Waals surface area contributed by atoms with Crippen molar-refractivity contribution in [3.05, 3.63) is 70.6 Å². The maximum absolute atomic E-state index is 13.8. The smallest absolute Gasteiger partial charge is 0.407 e. The lowest BCUT2D eigenvalue weighted by atomic mass is 9.88. The molecule has 1 amide bonds. The molecule has 9 heteroatoms. The number of nitrogens with zero attached hydrogens (tertiary/aromatic N) is 3. The Kier molecular flexibility index (Phi) is 9.77. The summed E-state index contributed by atoms with van der Waals surface area (Å²) in [6.07, 6.45) is 8.96. The number of carboxylic acids is 1. The van der Waals surface area contributed by atoms with Crippen molar-refractivity contribution >= 4 is 23.1 Å². The lowest BCUT2D eigenvalue weighted by Crippen LogP contribution is -2.48. The summed E-state index contributed by atoms with van der Waals surface area (Å²) in [5, 5.41) is 13.0. The SMILES string of the molecule is O=C(NCCn1c(=O)n([C@H]2CCN(CC3CCCCCCC3)C[C@@H]2C(=O)O)c2ccccc21)OCc1ccccc1. The fourth-order valence-corrected chi connectivity index (χ4v) is 6.63. The maximum atomic E-state index is 13.8. The van der Waals surface area contributed by atoms with Crippen LogP contribution >= 0.6 is 0 Å². The van der Waals surface area contributed by atoms with Crippen LogP contribution in [0.2, 0.25) is 0 Å². The normalized spacial score (nSPS) is 20.8. The average molecular weight is 563 g/mol. The number of ether oxygens (including phenoxy) is 1. The first kappa shape index (κ1) is 28.9. The number of hydrogen-bond acceptors (Lipinski definition) is 5. The van der Waals surface area contributed by atoms with Gasteiger partial charge < -0.3 is 20.1 Å². The molecule has 3 aromatic rings. The summed E-state index contributed by atoms with van der Waals surface area (Å²) >= 11 is 0. The van der Waals surface area contributed by atoms with Gasteiger partial charge in [-0.25, -0.2) is 9.59 Å². The van der Waals surface area contributed by atoms with Gasteiger partial charge in [-0.3, -0.25) is 13.9 Å². The van der Waals surface area contributed by atoms with E-state index in [1.54, 1.807) is 9.13 Å². The summed E-state index contributed by atoms with van der Waals surface area (Å²) in [5.41, 5.74) is 2.12. The molecule has 9 nitrogen and oxygen atoms in total. The Balaban J connectivity index is 1.26. The summed E-state index contributed by atoms with van der Waals surface area (Å²) in [6, 6.07) is 16.5. The number of likely N-dealkylation sites (tertiary alicyclic amines) is 1. The second kappa shape index (κ2) is 13.9. The molecule has 2 aromatic carbocycles. The quantitative estimate of drug-likeness (QED) is 0.379. The minimum absolute atomic E-state index is 0.169. The van der Waals surface area contributed by atoms with Gasteiger partial charge in [-0.2, -0.15) is 0 Å². The van der Waals surface area contributed by atoms with E-state index in [2.05, 4.69) is 10.2 Å².